The van der Waals surface area contributed by atoms with Crippen molar-refractivity contribution in [1.29, 1.82) is 0 Å². The number of oxime groups is 1. The molecule has 0 saturated heterocycles. The Kier molecular flexibility index (Phi) is 5.99. The van der Waals surface area contributed by atoms with E-state index in [1.54, 1.807) is 0 Å². The summed E-state index contributed by atoms with van der Waals surface area (Å²) < 4.78 is 0. The van der Waals surface area contributed by atoms with Crippen LogP contribution in [0.15, 0.2) is 65.8 Å². The summed E-state index contributed by atoms with van der Waals surface area (Å²) in [6.07, 6.45) is 6.03. The van der Waals surface area contributed by atoms with Gasteiger partial charge >= 0.3 is 0 Å². The van der Waals surface area contributed by atoms with E-state index >= 15 is 0 Å². The minimum Gasteiger partial charge on any atom is -0.411 e. The number of rotatable bonds is 6. The van der Waals surface area contributed by atoms with E-state index < -0.39 is 0 Å². The molecule has 0 bridgehead atoms. The predicted molar refractivity (Wildman–Crippen MR) is 136 cm³/mol. The van der Waals surface area contributed by atoms with Crippen LogP contribution in [0.2, 0.25) is 0 Å². The normalized spacial score (nSPS) is 14.5. The van der Waals surface area contributed by atoms with Crippen LogP contribution < -0.4 is 0 Å². The molecule has 3 aromatic rings. The van der Waals surface area contributed by atoms with E-state index in [0.29, 0.717) is 0 Å². The molecule has 0 heterocycles. The second-order valence-corrected chi connectivity index (χ2v) is 10.2. The molecule has 3 aromatic carbocycles. The first-order valence-electron chi connectivity index (χ1n) is 11.9. The van der Waals surface area contributed by atoms with Crippen LogP contribution in [0.25, 0.3) is 22.3 Å². The largest absolute Gasteiger partial charge is 0.411 e. The smallest absolute Gasteiger partial charge is 0.0733 e. The van der Waals surface area contributed by atoms with Crippen molar-refractivity contribution in [2.75, 3.05) is 0 Å². The Labute approximate surface area is 193 Å². The molecule has 4 rings (SSSR count). The number of nitrogens with zero attached hydrogens (tertiary/aromatic N) is 1. The quantitative estimate of drug-likeness (QED) is 0.240. The molecule has 0 fully saturated rings. The second-order valence-electron chi connectivity index (χ2n) is 10.2. The van der Waals surface area contributed by atoms with E-state index in [2.05, 4.69) is 100 Å². The van der Waals surface area contributed by atoms with E-state index in [1.165, 1.54) is 45.2 Å². The van der Waals surface area contributed by atoms with Gasteiger partial charge in [-0.05, 0) is 74.9 Å². The molecule has 32 heavy (non-hydrogen) atoms. The average Bonchev–Trinajstić information content (AvgIpc) is 3.03. The van der Waals surface area contributed by atoms with E-state index in [0.717, 1.165) is 31.2 Å². The SMILES string of the molecule is CCCC1(CCC)c2cc(/C=N/O)ccc2-c2ccc(-c3ccc(C(C)(C)C)cc3)cc21. The first kappa shape index (κ1) is 22.3. The molecule has 0 spiro atoms. The molecule has 0 atom stereocenters. The fourth-order valence-electron chi connectivity index (χ4n) is 5.52. The standard InChI is InChI=1S/C30H35NO/c1-6-16-30(17-7-2)27-18-21(20-31-32)8-14-25(27)26-15-11-23(19-28(26)30)22-9-12-24(13-10-22)29(3,4)5/h8-15,18-20,32H,6-7,16-17H2,1-5H3/b31-20+. The summed E-state index contributed by atoms with van der Waals surface area (Å²) in [5, 5.41) is 12.4. The second kappa shape index (κ2) is 8.58. The van der Waals surface area contributed by atoms with Crippen LogP contribution in [-0.4, -0.2) is 11.4 Å². The lowest BCUT2D eigenvalue weighted by molar-refractivity contribution is 0.322. The van der Waals surface area contributed by atoms with Gasteiger partial charge < -0.3 is 5.21 Å². The number of hydrogen-bond acceptors (Lipinski definition) is 2. The molecule has 2 nitrogen and oxygen atoms in total. The molecule has 0 aliphatic heterocycles. The molecular weight excluding hydrogens is 390 g/mol. The van der Waals surface area contributed by atoms with Crippen LogP contribution in [0.1, 0.15) is 82.6 Å². The zero-order valence-electron chi connectivity index (χ0n) is 20.1. The highest BCUT2D eigenvalue weighted by molar-refractivity contribution is 5.88. The van der Waals surface area contributed by atoms with Crippen molar-refractivity contribution >= 4 is 6.21 Å². The first-order valence-corrected chi connectivity index (χ1v) is 11.9. The maximum atomic E-state index is 9.08. The lowest BCUT2D eigenvalue weighted by Crippen LogP contribution is -2.25. The van der Waals surface area contributed by atoms with Crippen LogP contribution in [0.3, 0.4) is 0 Å². The van der Waals surface area contributed by atoms with Gasteiger partial charge in [-0.1, -0.05) is 101 Å². The highest BCUT2D eigenvalue weighted by Crippen LogP contribution is 2.54. The van der Waals surface area contributed by atoms with Gasteiger partial charge in [0.15, 0.2) is 0 Å². The molecule has 0 saturated carbocycles. The highest BCUT2D eigenvalue weighted by atomic mass is 16.4. The van der Waals surface area contributed by atoms with Crippen molar-refractivity contribution in [1.82, 2.24) is 0 Å². The Morgan fingerprint density at radius 3 is 1.91 bits per heavy atom. The Bertz CT molecular complexity index is 1130. The third-order valence-electron chi connectivity index (χ3n) is 7.03. The fraction of sp³-hybridized carbons (Fsp3) is 0.367. The molecule has 1 N–H and O–H groups in total. The van der Waals surface area contributed by atoms with Crippen LogP contribution in [0, 0.1) is 0 Å². The van der Waals surface area contributed by atoms with Crippen molar-refractivity contribution in [2.24, 2.45) is 5.16 Å². The monoisotopic (exact) mass is 425 g/mol. The zero-order chi connectivity index (χ0) is 22.9. The van der Waals surface area contributed by atoms with Crippen molar-refractivity contribution in [2.45, 2.75) is 71.1 Å². The third-order valence-corrected chi connectivity index (χ3v) is 7.03. The summed E-state index contributed by atoms with van der Waals surface area (Å²) in [5.74, 6) is 0. The van der Waals surface area contributed by atoms with E-state index in [9.17, 15) is 0 Å². The van der Waals surface area contributed by atoms with Crippen molar-refractivity contribution in [3.63, 3.8) is 0 Å². The molecule has 0 amide bonds. The minimum absolute atomic E-state index is 0.00876. The predicted octanol–water partition coefficient (Wildman–Crippen LogP) is 8.33. The summed E-state index contributed by atoms with van der Waals surface area (Å²) in [6, 6.07) is 22.6. The maximum absolute atomic E-state index is 9.08. The number of benzene rings is 3. The van der Waals surface area contributed by atoms with Gasteiger partial charge in [-0.15, -0.1) is 0 Å². The van der Waals surface area contributed by atoms with Crippen LogP contribution in [0.4, 0.5) is 0 Å². The van der Waals surface area contributed by atoms with E-state index in [-0.39, 0.29) is 10.8 Å². The van der Waals surface area contributed by atoms with Gasteiger partial charge in [0.05, 0.1) is 6.21 Å². The Morgan fingerprint density at radius 1 is 0.781 bits per heavy atom. The summed E-state index contributed by atoms with van der Waals surface area (Å²) >= 11 is 0. The fourth-order valence-corrected chi connectivity index (χ4v) is 5.52. The zero-order valence-corrected chi connectivity index (χ0v) is 20.1. The molecule has 0 unspecified atom stereocenters. The van der Waals surface area contributed by atoms with Gasteiger partial charge in [0.2, 0.25) is 0 Å². The van der Waals surface area contributed by atoms with E-state index in [4.69, 9.17) is 5.21 Å². The molecule has 1 aliphatic carbocycles. The average molecular weight is 426 g/mol. The Balaban J connectivity index is 1.87. The lowest BCUT2D eigenvalue weighted by atomic mass is 9.71. The maximum Gasteiger partial charge on any atom is 0.0733 e. The molecule has 166 valence electrons. The highest BCUT2D eigenvalue weighted by Gasteiger charge is 2.42. The van der Waals surface area contributed by atoms with Gasteiger partial charge in [0, 0.05) is 5.41 Å². The minimum atomic E-state index is 0.00876. The van der Waals surface area contributed by atoms with Crippen LogP contribution in [-0.2, 0) is 10.8 Å². The first-order chi connectivity index (χ1) is 15.3. The summed E-state index contributed by atoms with van der Waals surface area (Å²) in [5.41, 5.74) is 10.5. The van der Waals surface area contributed by atoms with Crippen molar-refractivity contribution < 1.29 is 5.21 Å². The number of hydrogen-bond donors (Lipinski definition) is 1. The van der Waals surface area contributed by atoms with Gasteiger partial charge in [-0.3, -0.25) is 0 Å². The van der Waals surface area contributed by atoms with Gasteiger partial charge in [-0.25, -0.2) is 0 Å². The van der Waals surface area contributed by atoms with Crippen LogP contribution >= 0.6 is 0 Å². The Morgan fingerprint density at radius 2 is 1.34 bits per heavy atom. The summed E-state index contributed by atoms with van der Waals surface area (Å²) in [6.45, 7) is 11.3. The Hall–Kier alpha value is -2.87. The summed E-state index contributed by atoms with van der Waals surface area (Å²) in [4.78, 5) is 0. The molecule has 0 radical (unpaired) electrons. The van der Waals surface area contributed by atoms with Crippen molar-refractivity contribution in [3.8, 4) is 22.3 Å². The molecular formula is C30H35NO. The van der Waals surface area contributed by atoms with Gasteiger partial charge in [0.25, 0.3) is 0 Å². The lowest BCUT2D eigenvalue weighted by Gasteiger charge is -2.32. The van der Waals surface area contributed by atoms with Gasteiger partial charge in [-0.2, -0.15) is 0 Å². The summed E-state index contributed by atoms with van der Waals surface area (Å²) in [7, 11) is 0. The third kappa shape index (κ3) is 3.77. The molecule has 1 aliphatic rings. The number of fused-ring (bicyclic) bond motifs is 3. The van der Waals surface area contributed by atoms with E-state index in [1.807, 2.05) is 0 Å². The molecule has 0 aromatic heterocycles. The molecule has 2 heteroatoms. The van der Waals surface area contributed by atoms with Crippen LogP contribution in [0.5, 0.6) is 0 Å². The topological polar surface area (TPSA) is 32.6 Å². The van der Waals surface area contributed by atoms with Gasteiger partial charge in [0.1, 0.15) is 0 Å². The van der Waals surface area contributed by atoms with Crippen molar-refractivity contribution in [3.05, 3.63) is 82.9 Å².